The molecule has 1 aliphatic heterocycles. The molecule has 0 aromatic heterocycles. The summed E-state index contributed by atoms with van der Waals surface area (Å²) < 4.78 is 36.9. The Bertz CT molecular complexity index is 442. The first kappa shape index (κ1) is 16.1. The Labute approximate surface area is 123 Å². The van der Waals surface area contributed by atoms with E-state index < -0.39 is 17.7 Å². The van der Waals surface area contributed by atoms with Gasteiger partial charge in [0.15, 0.2) is 0 Å². The lowest BCUT2D eigenvalue weighted by molar-refractivity contribution is -0.0787. The molecule has 6 heteroatoms. The molecule has 118 valence electrons. The number of benzene rings is 1. The topological polar surface area (TPSA) is 41.9 Å². The molecule has 0 spiro atoms. The van der Waals surface area contributed by atoms with E-state index in [0.29, 0.717) is 6.54 Å². The van der Waals surface area contributed by atoms with Gasteiger partial charge in [0.2, 0.25) is 0 Å². The number of halogens is 2. The number of hydrogen-bond acceptors (Lipinski definition) is 4. The van der Waals surface area contributed by atoms with E-state index in [9.17, 15) is 13.9 Å². The third kappa shape index (κ3) is 5.22. The van der Waals surface area contributed by atoms with Gasteiger partial charge in [-0.05, 0) is 13.8 Å². The molecule has 21 heavy (non-hydrogen) atoms. The van der Waals surface area contributed by atoms with E-state index in [1.54, 1.807) is 0 Å². The maximum Gasteiger partial charge on any atom is 0.129 e. The highest BCUT2D eigenvalue weighted by Gasteiger charge is 2.23. The maximum absolute atomic E-state index is 13.0. The number of β-amino-alcohol motifs (C(OH)–C–C–N with tert-alkyl or cyclic N) is 1. The quantitative estimate of drug-likeness (QED) is 0.901. The summed E-state index contributed by atoms with van der Waals surface area (Å²) in [6.07, 6.45) is -0.479. The first-order chi connectivity index (χ1) is 9.92. The summed E-state index contributed by atoms with van der Waals surface area (Å²) >= 11 is 0. The molecule has 1 aromatic carbocycles. The molecule has 1 fully saturated rings. The van der Waals surface area contributed by atoms with Crippen molar-refractivity contribution in [2.45, 2.75) is 32.2 Å². The summed E-state index contributed by atoms with van der Waals surface area (Å²) in [6, 6.07) is 2.96. The predicted octanol–water partition coefficient (Wildman–Crippen LogP) is 1.81. The molecule has 1 N–H and O–H groups in total. The second-order valence-corrected chi connectivity index (χ2v) is 5.55. The highest BCUT2D eigenvalue weighted by Crippen LogP contribution is 2.16. The fourth-order valence-corrected chi connectivity index (χ4v) is 2.59. The van der Waals surface area contributed by atoms with E-state index in [4.69, 9.17) is 9.47 Å². The van der Waals surface area contributed by atoms with Crippen LogP contribution < -0.4 is 4.74 Å². The van der Waals surface area contributed by atoms with Crippen LogP contribution in [0.1, 0.15) is 13.8 Å². The minimum absolute atomic E-state index is 0.0109. The molecule has 4 nitrogen and oxygen atoms in total. The summed E-state index contributed by atoms with van der Waals surface area (Å²) in [6.45, 7) is 5.90. The molecule has 1 aliphatic rings. The molecule has 3 atom stereocenters. The van der Waals surface area contributed by atoms with E-state index in [1.807, 2.05) is 13.8 Å². The van der Waals surface area contributed by atoms with Crippen molar-refractivity contribution in [1.82, 2.24) is 4.90 Å². The second-order valence-electron chi connectivity index (χ2n) is 5.55. The van der Waals surface area contributed by atoms with Crippen molar-refractivity contribution in [2.75, 3.05) is 26.2 Å². The number of ether oxygens (including phenoxy) is 2. The molecule has 1 heterocycles. The fraction of sp³-hybridized carbons (Fsp3) is 0.600. The lowest BCUT2D eigenvalue weighted by atomic mass is 10.2. The van der Waals surface area contributed by atoms with Crippen molar-refractivity contribution in [3.63, 3.8) is 0 Å². The van der Waals surface area contributed by atoms with Gasteiger partial charge < -0.3 is 14.6 Å². The van der Waals surface area contributed by atoms with Crippen LogP contribution in [0.4, 0.5) is 8.78 Å². The standard InChI is InChI=1S/C15H21F2NO3/c1-10-6-18(7-11(2)21-10)8-14(19)9-20-15-4-12(16)3-13(17)5-15/h3-5,10-11,14,19H,6-9H2,1-2H3. The Kier molecular flexibility index (Phi) is 5.50. The van der Waals surface area contributed by atoms with Crippen molar-refractivity contribution in [1.29, 1.82) is 0 Å². The summed E-state index contributed by atoms with van der Waals surface area (Å²) in [4.78, 5) is 2.10. The van der Waals surface area contributed by atoms with Crippen LogP contribution in [-0.2, 0) is 4.74 Å². The molecule has 3 unspecified atom stereocenters. The van der Waals surface area contributed by atoms with Crippen LogP contribution in [0.15, 0.2) is 18.2 Å². The Morgan fingerprint density at radius 3 is 2.38 bits per heavy atom. The normalized spacial score (nSPS) is 24.8. The molecular formula is C15H21F2NO3. The smallest absolute Gasteiger partial charge is 0.129 e. The van der Waals surface area contributed by atoms with Gasteiger partial charge in [-0.3, -0.25) is 4.90 Å². The van der Waals surface area contributed by atoms with Gasteiger partial charge >= 0.3 is 0 Å². The first-order valence-electron chi connectivity index (χ1n) is 7.07. The molecule has 1 aromatic rings. The van der Waals surface area contributed by atoms with E-state index >= 15 is 0 Å². The van der Waals surface area contributed by atoms with Gasteiger partial charge in [0.1, 0.15) is 30.1 Å². The van der Waals surface area contributed by atoms with Crippen LogP contribution in [0, 0.1) is 11.6 Å². The zero-order chi connectivity index (χ0) is 15.4. The number of aliphatic hydroxyl groups is 1. The summed E-state index contributed by atoms with van der Waals surface area (Å²) in [5.41, 5.74) is 0. The third-order valence-corrected chi connectivity index (χ3v) is 3.24. The molecule has 0 radical (unpaired) electrons. The SMILES string of the molecule is CC1CN(CC(O)COc2cc(F)cc(F)c2)CC(C)O1. The van der Waals surface area contributed by atoms with Crippen molar-refractivity contribution in [3.8, 4) is 5.75 Å². The number of rotatable bonds is 5. The monoisotopic (exact) mass is 301 g/mol. The predicted molar refractivity (Wildman–Crippen MR) is 74.3 cm³/mol. The van der Waals surface area contributed by atoms with E-state index in [2.05, 4.69) is 4.90 Å². The van der Waals surface area contributed by atoms with Crippen LogP contribution in [0.5, 0.6) is 5.75 Å². The number of morpholine rings is 1. The minimum Gasteiger partial charge on any atom is -0.491 e. The maximum atomic E-state index is 13.0. The van der Waals surface area contributed by atoms with Gasteiger partial charge in [-0.15, -0.1) is 0 Å². The molecule has 2 rings (SSSR count). The fourth-order valence-electron chi connectivity index (χ4n) is 2.59. The Hall–Kier alpha value is -1.24. The van der Waals surface area contributed by atoms with Crippen LogP contribution in [0.25, 0.3) is 0 Å². The zero-order valence-electron chi connectivity index (χ0n) is 12.3. The van der Waals surface area contributed by atoms with Crippen LogP contribution in [0.2, 0.25) is 0 Å². The van der Waals surface area contributed by atoms with Gasteiger partial charge in [-0.2, -0.15) is 0 Å². The summed E-state index contributed by atoms with van der Waals surface area (Å²) in [7, 11) is 0. The van der Waals surface area contributed by atoms with E-state index in [0.717, 1.165) is 31.3 Å². The molecule has 1 saturated heterocycles. The summed E-state index contributed by atoms with van der Waals surface area (Å²) in [5.74, 6) is -1.32. The zero-order valence-corrected chi connectivity index (χ0v) is 12.3. The van der Waals surface area contributed by atoms with Crippen LogP contribution >= 0.6 is 0 Å². The average Bonchev–Trinajstić information content (AvgIpc) is 2.34. The highest BCUT2D eigenvalue weighted by atomic mass is 19.1. The van der Waals surface area contributed by atoms with E-state index in [1.165, 1.54) is 0 Å². The lowest BCUT2D eigenvalue weighted by Crippen LogP contribution is -2.48. The van der Waals surface area contributed by atoms with Gasteiger partial charge in [-0.1, -0.05) is 0 Å². The Balaban J connectivity index is 1.80. The van der Waals surface area contributed by atoms with Gasteiger partial charge in [0.25, 0.3) is 0 Å². The van der Waals surface area contributed by atoms with Gasteiger partial charge in [0, 0.05) is 37.8 Å². The number of hydrogen-bond donors (Lipinski definition) is 1. The minimum atomic E-state index is -0.728. The highest BCUT2D eigenvalue weighted by molar-refractivity contribution is 5.23. The van der Waals surface area contributed by atoms with Crippen molar-refractivity contribution in [2.24, 2.45) is 0 Å². The largest absolute Gasteiger partial charge is 0.491 e. The van der Waals surface area contributed by atoms with Crippen molar-refractivity contribution < 1.29 is 23.4 Å². The second kappa shape index (κ2) is 7.15. The molecule has 0 amide bonds. The Morgan fingerprint density at radius 2 is 1.81 bits per heavy atom. The molecule has 0 bridgehead atoms. The summed E-state index contributed by atoms with van der Waals surface area (Å²) in [5, 5.41) is 9.98. The number of aliphatic hydroxyl groups excluding tert-OH is 1. The van der Waals surface area contributed by atoms with Gasteiger partial charge in [-0.25, -0.2) is 8.78 Å². The van der Waals surface area contributed by atoms with Crippen LogP contribution in [-0.4, -0.2) is 54.6 Å². The number of nitrogens with zero attached hydrogens (tertiary/aromatic N) is 1. The van der Waals surface area contributed by atoms with E-state index in [-0.39, 0.29) is 24.6 Å². The van der Waals surface area contributed by atoms with Crippen molar-refractivity contribution >= 4 is 0 Å². The first-order valence-corrected chi connectivity index (χ1v) is 7.07. The lowest BCUT2D eigenvalue weighted by Gasteiger charge is -2.36. The van der Waals surface area contributed by atoms with Gasteiger partial charge in [0.05, 0.1) is 12.2 Å². The molecule has 0 aliphatic carbocycles. The van der Waals surface area contributed by atoms with Crippen molar-refractivity contribution in [3.05, 3.63) is 29.8 Å². The molecular weight excluding hydrogens is 280 g/mol. The molecule has 0 saturated carbocycles. The average molecular weight is 301 g/mol. The van der Waals surface area contributed by atoms with Crippen LogP contribution in [0.3, 0.4) is 0 Å². The Morgan fingerprint density at radius 1 is 1.24 bits per heavy atom. The third-order valence-electron chi connectivity index (χ3n) is 3.24.